The molecule has 3 heterocycles. The van der Waals surface area contributed by atoms with Gasteiger partial charge in [-0.25, -0.2) is 0 Å². The van der Waals surface area contributed by atoms with Crippen molar-refractivity contribution in [3.05, 3.63) is 157 Å². The van der Waals surface area contributed by atoms with E-state index in [4.69, 9.17) is 4.42 Å². The number of nitriles is 2. The molecule has 0 radical (unpaired) electrons. The fraction of sp³-hybridized carbons (Fsp3) is 0. The zero-order chi connectivity index (χ0) is 32.6. The first-order valence-electron chi connectivity index (χ1n) is 16.1. The molecule has 0 amide bonds. The van der Waals surface area contributed by atoms with Crippen molar-refractivity contribution in [2.24, 2.45) is 0 Å². The highest BCUT2D eigenvalue weighted by Crippen LogP contribution is 2.42. The maximum Gasteiger partial charge on any atom is 0.145 e. The maximum absolute atomic E-state index is 10.3. The minimum Gasteiger partial charge on any atom is -0.455 e. The van der Waals surface area contributed by atoms with E-state index in [9.17, 15) is 10.5 Å². The SMILES string of the molecule is N#Cc1cc(-c2ccccc2-n2c3ccccc3c3c4oc5ccccc5c4ccc32)cc(-n2c3ccccc3c3cc(C#N)ccc32)c1. The molecule has 0 aliphatic heterocycles. The van der Waals surface area contributed by atoms with Gasteiger partial charge in [0.2, 0.25) is 0 Å². The molecule has 10 aromatic rings. The van der Waals surface area contributed by atoms with Crippen molar-refractivity contribution < 1.29 is 4.42 Å². The zero-order valence-electron chi connectivity index (χ0n) is 26.1. The van der Waals surface area contributed by atoms with Gasteiger partial charge in [0, 0.05) is 38.2 Å². The van der Waals surface area contributed by atoms with E-state index < -0.39 is 0 Å². The number of aromatic nitrogens is 2. The molecule has 0 spiro atoms. The van der Waals surface area contributed by atoms with Crippen LogP contribution in [0.25, 0.3) is 88.1 Å². The van der Waals surface area contributed by atoms with Gasteiger partial charge in [0.1, 0.15) is 11.2 Å². The number of furan rings is 1. The van der Waals surface area contributed by atoms with Crippen LogP contribution in [-0.2, 0) is 0 Å². The summed E-state index contributed by atoms with van der Waals surface area (Å²) in [5.74, 6) is 0. The van der Waals surface area contributed by atoms with Gasteiger partial charge in [-0.05, 0) is 78.4 Å². The third-order valence-corrected chi connectivity index (χ3v) is 9.74. The van der Waals surface area contributed by atoms with Crippen molar-refractivity contribution in [3.8, 4) is 34.6 Å². The monoisotopic (exact) mass is 624 g/mol. The Morgan fingerprint density at radius 1 is 0.469 bits per heavy atom. The van der Waals surface area contributed by atoms with Crippen LogP contribution in [0, 0.1) is 22.7 Å². The number of para-hydroxylation sites is 4. The van der Waals surface area contributed by atoms with Crippen LogP contribution < -0.4 is 0 Å². The lowest BCUT2D eigenvalue weighted by atomic mass is 10.00. The van der Waals surface area contributed by atoms with Crippen LogP contribution in [0.3, 0.4) is 0 Å². The molecule has 0 unspecified atom stereocenters. The summed E-state index contributed by atoms with van der Waals surface area (Å²) < 4.78 is 11.0. The molecular formula is C44H24N4O. The number of nitrogens with zero attached hydrogens (tertiary/aromatic N) is 4. The third-order valence-electron chi connectivity index (χ3n) is 9.74. The maximum atomic E-state index is 10.3. The van der Waals surface area contributed by atoms with Crippen LogP contribution in [0.15, 0.2) is 150 Å². The molecule has 0 bridgehead atoms. The highest BCUT2D eigenvalue weighted by Gasteiger charge is 2.21. The fourth-order valence-electron chi connectivity index (χ4n) is 7.69. The molecule has 0 aliphatic carbocycles. The lowest BCUT2D eigenvalue weighted by Gasteiger charge is -2.16. The molecule has 0 atom stereocenters. The third kappa shape index (κ3) is 3.85. The van der Waals surface area contributed by atoms with Crippen LogP contribution in [-0.4, -0.2) is 9.13 Å². The predicted octanol–water partition coefficient (Wildman–Crippen LogP) is 11.2. The summed E-state index contributed by atoms with van der Waals surface area (Å²) in [6.45, 7) is 0. The first-order chi connectivity index (χ1) is 24.2. The molecule has 3 aromatic heterocycles. The Kier molecular flexibility index (Phi) is 5.64. The molecule has 0 saturated heterocycles. The Balaban J connectivity index is 1.25. The lowest BCUT2D eigenvalue weighted by Crippen LogP contribution is -1.99. The van der Waals surface area contributed by atoms with Gasteiger partial charge in [-0.3, -0.25) is 0 Å². The Morgan fingerprint density at radius 2 is 1.14 bits per heavy atom. The van der Waals surface area contributed by atoms with Crippen LogP contribution in [0.5, 0.6) is 0 Å². The molecule has 10 rings (SSSR count). The summed E-state index contributed by atoms with van der Waals surface area (Å²) in [7, 11) is 0. The van der Waals surface area contributed by atoms with Gasteiger partial charge in [0.05, 0.1) is 56.4 Å². The van der Waals surface area contributed by atoms with E-state index in [1.54, 1.807) is 0 Å². The van der Waals surface area contributed by atoms with Gasteiger partial charge in [0.25, 0.3) is 0 Å². The first kappa shape index (κ1) is 27.1. The molecule has 49 heavy (non-hydrogen) atoms. The summed E-state index contributed by atoms with van der Waals surface area (Å²) in [4.78, 5) is 0. The van der Waals surface area contributed by atoms with E-state index in [0.29, 0.717) is 11.1 Å². The molecule has 0 aliphatic rings. The van der Waals surface area contributed by atoms with Crippen LogP contribution >= 0.6 is 0 Å². The smallest absolute Gasteiger partial charge is 0.145 e. The first-order valence-corrected chi connectivity index (χ1v) is 16.1. The van der Waals surface area contributed by atoms with E-state index in [1.165, 1.54) is 0 Å². The number of benzene rings is 7. The van der Waals surface area contributed by atoms with E-state index in [2.05, 4.69) is 100 Å². The summed E-state index contributed by atoms with van der Waals surface area (Å²) in [5, 5.41) is 26.4. The molecule has 0 N–H and O–H groups in total. The highest BCUT2D eigenvalue weighted by atomic mass is 16.3. The molecule has 0 fully saturated rings. The minimum absolute atomic E-state index is 0.563. The molecule has 226 valence electrons. The highest BCUT2D eigenvalue weighted by molar-refractivity contribution is 6.24. The number of rotatable bonds is 3. The van der Waals surface area contributed by atoms with Crippen molar-refractivity contribution in [2.45, 2.75) is 0 Å². The van der Waals surface area contributed by atoms with Crippen LogP contribution in [0.1, 0.15) is 11.1 Å². The van der Waals surface area contributed by atoms with E-state index in [0.717, 1.165) is 88.1 Å². The fourth-order valence-corrected chi connectivity index (χ4v) is 7.69. The second kappa shape index (κ2) is 10.2. The summed E-state index contributed by atoms with van der Waals surface area (Å²) in [6.07, 6.45) is 0. The van der Waals surface area contributed by atoms with E-state index in [1.807, 2.05) is 66.7 Å². The molecule has 5 heteroatoms. The Bertz CT molecular complexity index is 3090. The quantitative estimate of drug-likeness (QED) is 0.196. The lowest BCUT2D eigenvalue weighted by molar-refractivity contribution is 0.673. The number of fused-ring (bicyclic) bond motifs is 10. The number of hydrogen-bond acceptors (Lipinski definition) is 3. The van der Waals surface area contributed by atoms with Crippen molar-refractivity contribution in [1.82, 2.24) is 9.13 Å². The predicted molar refractivity (Wildman–Crippen MR) is 197 cm³/mol. The summed E-state index contributed by atoms with van der Waals surface area (Å²) in [6, 6.07) is 54.2. The zero-order valence-corrected chi connectivity index (χ0v) is 26.1. The van der Waals surface area contributed by atoms with Gasteiger partial charge in [-0.1, -0.05) is 72.8 Å². The Morgan fingerprint density at radius 3 is 1.98 bits per heavy atom. The van der Waals surface area contributed by atoms with E-state index in [-0.39, 0.29) is 0 Å². The minimum atomic E-state index is 0.563. The van der Waals surface area contributed by atoms with Crippen molar-refractivity contribution in [1.29, 1.82) is 10.5 Å². The average molecular weight is 625 g/mol. The normalized spacial score (nSPS) is 11.6. The van der Waals surface area contributed by atoms with Gasteiger partial charge >= 0.3 is 0 Å². The summed E-state index contributed by atoms with van der Waals surface area (Å²) in [5.41, 5.74) is 10.9. The molecule has 5 nitrogen and oxygen atoms in total. The average Bonchev–Trinajstić information content (AvgIpc) is 3.82. The Hall–Kier alpha value is -7.08. The second-order valence-electron chi connectivity index (χ2n) is 12.4. The van der Waals surface area contributed by atoms with Gasteiger partial charge in [-0.2, -0.15) is 10.5 Å². The largest absolute Gasteiger partial charge is 0.455 e. The topological polar surface area (TPSA) is 70.6 Å². The van der Waals surface area contributed by atoms with Crippen molar-refractivity contribution >= 4 is 65.6 Å². The van der Waals surface area contributed by atoms with Crippen LogP contribution in [0.2, 0.25) is 0 Å². The number of hydrogen-bond donors (Lipinski definition) is 0. The molecule has 0 saturated carbocycles. The summed E-state index contributed by atoms with van der Waals surface area (Å²) >= 11 is 0. The molecular weight excluding hydrogens is 601 g/mol. The van der Waals surface area contributed by atoms with Gasteiger partial charge in [0.15, 0.2) is 0 Å². The van der Waals surface area contributed by atoms with Crippen molar-refractivity contribution in [2.75, 3.05) is 0 Å². The second-order valence-corrected chi connectivity index (χ2v) is 12.4. The standard InChI is InChI=1S/C44H24N4O/c45-25-27-17-19-40-36(23-27)32-10-2-6-14-38(32)47(40)30-22-28(26-46)21-29(24-30)31-9-1-5-13-37(31)48-39-15-7-3-12-35(39)43-41(48)20-18-34-33-11-4-8-16-42(33)49-44(34)43/h1-24H. The molecule has 7 aromatic carbocycles. The Labute approximate surface area is 280 Å². The van der Waals surface area contributed by atoms with Gasteiger partial charge in [-0.15, -0.1) is 0 Å². The van der Waals surface area contributed by atoms with E-state index >= 15 is 0 Å². The van der Waals surface area contributed by atoms with Crippen molar-refractivity contribution in [3.63, 3.8) is 0 Å². The van der Waals surface area contributed by atoms with Crippen LogP contribution in [0.4, 0.5) is 0 Å². The van der Waals surface area contributed by atoms with Gasteiger partial charge < -0.3 is 13.6 Å².